The number of carbonyl (C=O) groups is 2. The minimum Gasteiger partial charge on any atom is -0.353 e. The zero-order valence-electron chi connectivity index (χ0n) is 16.6. The lowest BCUT2D eigenvalue weighted by molar-refractivity contribution is -0.131. The van der Waals surface area contributed by atoms with Crippen LogP contribution < -0.4 is 11.1 Å². The SMILES string of the molecule is CC1CCC(N2CC(C(=O)NC3C4CCCC3CC(N)C4)CC2=O)CC1.Cl. The fourth-order valence-corrected chi connectivity index (χ4v) is 6.12. The van der Waals surface area contributed by atoms with Gasteiger partial charge in [-0.15, -0.1) is 12.4 Å². The van der Waals surface area contributed by atoms with Gasteiger partial charge >= 0.3 is 0 Å². The zero-order chi connectivity index (χ0) is 18.3. The van der Waals surface area contributed by atoms with E-state index < -0.39 is 0 Å². The number of nitrogens with zero attached hydrogens (tertiary/aromatic N) is 1. The summed E-state index contributed by atoms with van der Waals surface area (Å²) >= 11 is 0. The van der Waals surface area contributed by atoms with E-state index in [2.05, 4.69) is 12.2 Å². The second-order valence-electron chi connectivity index (χ2n) is 9.58. The summed E-state index contributed by atoms with van der Waals surface area (Å²) in [7, 11) is 0. The number of carbonyl (C=O) groups excluding carboxylic acids is 2. The van der Waals surface area contributed by atoms with Crippen LogP contribution in [0.5, 0.6) is 0 Å². The Bertz CT molecular complexity index is 536. The predicted molar refractivity (Wildman–Crippen MR) is 108 cm³/mol. The lowest BCUT2D eigenvalue weighted by Crippen LogP contribution is -2.55. The number of amides is 2. The molecule has 3 saturated carbocycles. The maximum absolute atomic E-state index is 12.9. The first-order valence-corrected chi connectivity index (χ1v) is 10.9. The molecular weight excluding hydrogens is 362 g/mol. The molecule has 3 unspecified atom stereocenters. The number of nitrogens with one attached hydrogen (secondary N) is 1. The van der Waals surface area contributed by atoms with Crippen molar-refractivity contribution in [3.8, 4) is 0 Å². The fraction of sp³-hybridized carbons (Fsp3) is 0.905. The molecule has 1 aliphatic heterocycles. The minimum absolute atomic E-state index is 0. The molecule has 0 aromatic carbocycles. The number of likely N-dealkylation sites (tertiary alicyclic amines) is 1. The monoisotopic (exact) mass is 397 g/mol. The number of halogens is 1. The summed E-state index contributed by atoms with van der Waals surface area (Å²) in [4.78, 5) is 27.5. The summed E-state index contributed by atoms with van der Waals surface area (Å²) in [5, 5.41) is 3.36. The van der Waals surface area contributed by atoms with Crippen LogP contribution in [0.15, 0.2) is 0 Å². The lowest BCUT2D eigenvalue weighted by Gasteiger charge is -2.45. The number of hydrogen-bond acceptors (Lipinski definition) is 3. The number of nitrogens with two attached hydrogens (primary N) is 1. The summed E-state index contributed by atoms with van der Waals surface area (Å²) in [5.74, 6) is 2.00. The van der Waals surface area contributed by atoms with Crippen molar-refractivity contribution in [2.45, 2.75) is 89.3 Å². The Morgan fingerprint density at radius 2 is 1.70 bits per heavy atom. The van der Waals surface area contributed by atoms with E-state index in [1.54, 1.807) is 0 Å². The second-order valence-corrected chi connectivity index (χ2v) is 9.58. The molecule has 2 bridgehead atoms. The van der Waals surface area contributed by atoms with Crippen molar-refractivity contribution < 1.29 is 9.59 Å². The molecular formula is C21H36ClN3O2. The maximum atomic E-state index is 12.9. The van der Waals surface area contributed by atoms with E-state index in [-0.39, 0.29) is 36.2 Å². The molecule has 3 N–H and O–H groups in total. The van der Waals surface area contributed by atoms with Gasteiger partial charge in [0.05, 0.1) is 5.92 Å². The molecule has 3 aliphatic carbocycles. The molecule has 1 saturated heterocycles. The van der Waals surface area contributed by atoms with Crippen LogP contribution in [-0.4, -0.2) is 41.4 Å². The molecule has 27 heavy (non-hydrogen) atoms. The van der Waals surface area contributed by atoms with E-state index in [0.717, 1.165) is 31.6 Å². The van der Waals surface area contributed by atoms with Crippen molar-refractivity contribution in [3.05, 3.63) is 0 Å². The van der Waals surface area contributed by atoms with Gasteiger partial charge in [0, 0.05) is 31.1 Å². The van der Waals surface area contributed by atoms with E-state index >= 15 is 0 Å². The molecule has 0 aromatic rings. The Labute approximate surface area is 169 Å². The van der Waals surface area contributed by atoms with Crippen LogP contribution in [0.3, 0.4) is 0 Å². The largest absolute Gasteiger partial charge is 0.353 e. The average molecular weight is 398 g/mol. The third-order valence-electron chi connectivity index (χ3n) is 7.64. The van der Waals surface area contributed by atoms with Crippen molar-refractivity contribution in [1.82, 2.24) is 10.2 Å². The normalized spacial score (nSPS) is 41.8. The van der Waals surface area contributed by atoms with Crippen LogP contribution in [-0.2, 0) is 9.59 Å². The smallest absolute Gasteiger partial charge is 0.225 e. The van der Waals surface area contributed by atoms with Gasteiger partial charge in [0.25, 0.3) is 0 Å². The van der Waals surface area contributed by atoms with Gasteiger partial charge < -0.3 is 16.0 Å². The molecule has 2 amide bonds. The van der Waals surface area contributed by atoms with Crippen LogP contribution >= 0.6 is 12.4 Å². The van der Waals surface area contributed by atoms with Crippen molar-refractivity contribution in [1.29, 1.82) is 0 Å². The minimum atomic E-state index is -0.154. The number of rotatable bonds is 3. The number of hydrogen-bond donors (Lipinski definition) is 2. The van der Waals surface area contributed by atoms with Crippen molar-refractivity contribution in [2.75, 3.05) is 6.54 Å². The highest BCUT2D eigenvalue weighted by molar-refractivity contribution is 5.89. The highest BCUT2D eigenvalue weighted by atomic mass is 35.5. The second kappa shape index (κ2) is 8.69. The predicted octanol–water partition coefficient (Wildman–Crippen LogP) is 2.86. The fourth-order valence-electron chi connectivity index (χ4n) is 6.12. The van der Waals surface area contributed by atoms with Crippen LogP contribution in [0.1, 0.15) is 71.1 Å². The molecule has 1 heterocycles. The van der Waals surface area contributed by atoms with Crippen molar-refractivity contribution >= 4 is 24.2 Å². The van der Waals surface area contributed by atoms with Crippen molar-refractivity contribution in [3.63, 3.8) is 0 Å². The van der Waals surface area contributed by atoms with Crippen LogP contribution in [0.2, 0.25) is 0 Å². The molecule has 4 fully saturated rings. The Balaban J connectivity index is 0.00000210. The summed E-state index contributed by atoms with van der Waals surface area (Å²) in [6, 6.07) is 0.954. The van der Waals surface area contributed by atoms with Gasteiger partial charge in [0.15, 0.2) is 0 Å². The molecule has 6 heteroatoms. The molecule has 3 atom stereocenters. The first kappa shape index (κ1) is 20.9. The summed E-state index contributed by atoms with van der Waals surface area (Å²) < 4.78 is 0. The molecule has 0 radical (unpaired) electrons. The van der Waals surface area contributed by atoms with Gasteiger partial charge in [-0.05, 0) is 69.1 Å². The van der Waals surface area contributed by atoms with Crippen LogP contribution in [0.4, 0.5) is 0 Å². The maximum Gasteiger partial charge on any atom is 0.225 e. The van der Waals surface area contributed by atoms with Gasteiger partial charge in [-0.3, -0.25) is 9.59 Å². The van der Waals surface area contributed by atoms with Crippen LogP contribution in [0.25, 0.3) is 0 Å². The highest BCUT2D eigenvalue weighted by Gasteiger charge is 2.43. The topological polar surface area (TPSA) is 75.4 Å². The Morgan fingerprint density at radius 3 is 2.33 bits per heavy atom. The zero-order valence-corrected chi connectivity index (χ0v) is 17.4. The third kappa shape index (κ3) is 4.45. The molecule has 4 rings (SSSR count). The van der Waals surface area contributed by atoms with Gasteiger partial charge in [0.1, 0.15) is 0 Å². The quantitative estimate of drug-likeness (QED) is 0.768. The van der Waals surface area contributed by atoms with Gasteiger partial charge in [0.2, 0.25) is 11.8 Å². The lowest BCUT2D eigenvalue weighted by atomic mass is 9.67. The summed E-state index contributed by atoms with van der Waals surface area (Å²) in [6.45, 7) is 2.93. The Morgan fingerprint density at radius 1 is 1.07 bits per heavy atom. The number of fused-ring (bicyclic) bond motifs is 2. The van der Waals surface area contributed by atoms with E-state index in [4.69, 9.17) is 5.73 Å². The Kier molecular flexibility index (Phi) is 6.73. The van der Waals surface area contributed by atoms with Gasteiger partial charge in [-0.25, -0.2) is 0 Å². The van der Waals surface area contributed by atoms with E-state index in [0.29, 0.717) is 36.9 Å². The van der Waals surface area contributed by atoms with E-state index in [1.807, 2.05) is 4.90 Å². The van der Waals surface area contributed by atoms with Gasteiger partial charge in [-0.1, -0.05) is 13.3 Å². The first-order valence-electron chi connectivity index (χ1n) is 10.9. The Hall–Kier alpha value is -0.810. The van der Waals surface area contributed by atoms with E-state index in [1.165, 1.54) is 32.1 Å². The van der Waals surface area contributed by atoms with Gasteiger partial charge in [-0.2, -0.15) is 0 Å². The molecule has 154 valence electrons. The standard InChI is InChI=1S/C21H35N3O2.ClH/c1-13-5-7-18(8-6-13)24-12-16(11-19(24)25)21(26)23-20-14-3-2-4-15(20)10-17(22)9-14;/h13-18,20H,2-12,22H2,1H3,(H,23,26);1H. The summed E-state index contributed by atoms with van der Waals surface area (Å²) in [6.07, 6.45) is 10.7. The summed E-state index contributed by atoms with van der Waals surface area (Å²) in [5.41, 5.74) is 6.20. The third-order valence-corrected chi connectivity index (χ3v) is 7.64. The highest BCUT2D eigenvalue weighted by Crippen LogP contribution is 2.40. The average Bonchev–Trinajstić information content (AvgIpc) is 2.98. The van der Waals surface area contributed by atoms with Crippen LogP contribution in [0, 0.1) is 23.7 Å². The van der Waals surface area contributed by atoms with E-state index in [9.17, 15) is 9.59 Å². The molecule has 0 aromatic heterocycles. The molecule has 0 spiro atoms. The molecule has 4 aliphatic rings. The first-order chi connectivity index (χ1) is 12.5. The van der Waals surface area contributed by atoms with Crippen molar-refractivity contribution in [2.24, 2.45) is 29.4 Å². The molecule has 5 nitrogen and oxygen atoms in total.